The summed E-state index contributed by atoms with van der Waals surface area (Å²) in [5.41, 5.74) is 14.0. The van der Waals surface area contributed by atoms with Crippen molar-refractivity contribution in [2.24, 2.45) is 0 Å². The predicted molar refractivity (Wildman–Crippen MR) is 68.2 cm³/mol. The first-order valence-corrected chi connectivity index (χ1v) is 5.35. The summed E-state index contributed by atoms with van der Waals surface area (Å²) in [7, 11) is 0. The highest BCUT2D eigenvalue weighted by atomic mass is 19.1. The predicted octanol–water partition coefficient (Wildman–Crippen LogP) is 2.80. The van der Waals surface area contributed by atoms with Crippen LogP contribution in [-0.4, -0.2) is 4.98 Å². The van der Waals surface area contributed by atoms with Crippen molar-refractivity contribution in [1.82, 2.24) is 4.98 Å². The van der Waals surface area contributed by atoms with Crippen LogP contribution in [0.2, 0.25) is 0 Å². The molecule has 0 radical (unpaired) electrons. The molecule has 3 aromatic rings. The summed E-state index contributed by atoms with van der Waals surface area (Å²) in [6.07, 6.45) is 0. The van der Waals surface area contributed by atoms with Crippen LogP contribution in [0, 0.1) is 5.82 Å². The molecule has 0 amide bonds. The molecule has 0 saturated heterocycles. The molecule has 90 valence electrons. The smallest absolute Gasteiger partial charge is 0.229 e. The Balaban J connectivity index is 2.22. The van der Waals surface area contributed by atoms with Gasteiger partial charge in [0.2, 0.25) is 5.89 Å². The van der Waals surface area contributed by atoms with E-state index in [-0.39, 0.29) is 5.82 Å². The molecule has 0 saturated carbocycles. The number of nitrogens with two attached hydrogens (primary N) is 2. The van der Waals surface area contributed by atoms with E-state index in [1.54, 1.807) is 18.2 Å². The first kappa shape index (κ1) is 10.6. The van der Waals surface area contributed by atoms with Crippen molar-refractivity contribution in [3.8, 4) is 11.5 Å². The van der Waals surface area contributed by atoms with E-state index >= 15 is 0 Å². The zero-order valence-electron chi connectivity index (χ0n) is 9.35. The van der Waals surface area contributed by atoms with Crippen molar-refractivity contribution in [2.75, 3.05) is 11.5 Å². The van der Waals surface area contributed by atoms with Gasteiger partial charge in [0.1, 0.15) is 11.3 Å². The standard InChI is InChI=1S/C13H10FN3O/c14-7-4-5-11-10(6-7)17-13(18-11)8-2-1-3-9(15)12(8)16/h1-6H,15-16H2. The number of rotatable bonds is 1. The quantitative estimate of drug-likeness (QED) is 0.644. The summed E-state index contributed by atoms with van der Waals surface area (Å²) in [6, 6.07) is 9.37. The van der Waals surface area contributed by atoms with Crippen molar-refractivity contribution in [1.29, 1.82) is 0 Å². The summed E-state index contributed by atoms with van der Waals surface area (Å²) in [4.78, 5) is 4.20. The van der Waals surface area contributed by atoms with Gasteiger partial charge in [-0.05, 0) is 24.3 Å². The second-order valence-corrected chi connectivity index (χ2v) is 3.94. The first-order valence-electron chi connectivity index (χ1n) is 5.35. The molecule has 5 heteroatoms. The number of nitrogen functional groups attached to an aromatic ring is 2. The van der Waals surface area contributed by atoms with Gasteiger partial charge in [-0.1, -0.05) is 6.07 Å². The van der Waals surface area contributed by atoms with Crippen LogP contribution in [-0.2, 0) is 0 Å². The van der Waals surface area contributed by atoms with Crippen LogP contribution >= 0.6 is 0 Å². The molecule has 1 aromatic heterocycles. The van der Waals surface area contributed by atoms with E-state index in [4.69, 9.17) is 15.9 Å². The Kier molecular flexibility index (Phi) is 2.19. The number of benzene rings is 2. The zero-order valence-corrected chi connectivity index (χ0v) is 9.35. The molecule has 1 heterocycles. The molecule has 0 unspecified atom stereocenters. The van der Waals surface area contributed by atoms with E-state index in [9.17, 15) is 4.39 Å². The largest absolute Gasteiger partial charge is 0.436 e. The number of fused-ring (bicyclic) bond motifs is 1. The second kappa shape index (κ2) is 3.73. The summed E-state index contributed by atoms with van der Waals surface area (Å²) < 4.78 is 18.6. The van der Waals surface area contributed by atoms with Crippen LogP contribution in [0.5, 0.6) is 0 Å². The highest BCUT2D eigenvalue weighted by Gasteiger charge is 2.12. The highest BCUT2D eigenvalue weighted by Crippen LogP contribution is 2.31. The third-order valence-electron chi connectivity index (χ3n) is 2.72. The fourth-order valence-corrected chi connectivity index (χ4v) is 1.79. The Bertz CT molecular complexity index is 736. The van der Waals surface area contributed by atoms with Crippen molar-refractivity contribution in [2.45, 2.75) is 0 Å². The molecule has 0 spiro atoms. The van der Waals surface area contributed by atoms with Gasteiger partial charge in [0.05, 0.1) is 16.9 Å². The average molecular weight is 243 g/mol. The minimum atomic E-state index is -0.358. The maximum absolute atomic E-state index is 13.1. The molecule has 0 fully saturated rings. The number of aromatic nitrogens is 1. The molecule has 0 atom stereocenters. The van der Waals surface area contributed by atoms with E-state index in [1.807, 2.05) is 0 Å². The van der Waals surface area contributed by atoms with Crippen LogP contribution in [0.25, 0.3) is 22.6 Å². The van der Waals surface area contributed by atoms with E-state index < -0.39 is 0 Å². The van der Waals surface area contributed by atoms with Crippen LogP contribution in [0.15, 0.2) is 40.8 Å². The number of halogens is 1. The van der Waals surface area contributed by atoms with Crippen molar-refractivity contribution in [3.05, 3.63) is 42.2 Å². The lowest BCUT2D eigenvalue weighted by Crippen LogP contribution is -1.96. The van der Waals surface area contributed by atoms with E-state index in [1.165, 1.54) is 18.2 Å². The molecular formula is C13H10FN3O. The Labute approximate surface area is 102 Å². The molecule has 0 aliphatic heterocycles. The van der Waals surface area contributed by atoms with E-state index in [2.05, 4.69) is 4.98 Å². The molecule has 18 heavy (non-hydrogen) atoms. The van der Waals surface area contributed by atoms with E-state index in [0.717, 1.165) is 0 Å². The summed E-state index contributed by atoms with van der Waals surface area (Å²) in [5.74, 6) is -0.0247. The zero-order chi connectivity index (χ0) is 12.7. The normalized spacial score (nSPS) is 10.9. The maximum atomic E-state index is 13.1. The minimum absolute atomic E-state index is 0.334. The molecule has 4 N–H and O–H groups in total. The van der Waals surface area contributed by atoms with Crippen LogP contribution in [0.1, 0.15) is 0 Å². The minimum Gasteiger partial charge on any atom is -0.436 e. The van der Waals surface area contributed by atoms with Gasteiger partial charge >= 0.3 is 0 Å². The average Bonchev–Trinajstić information content (AvgIpc) is 2.75. The summed E-state index contributed by atoms with van der Waals surface area (Å²) >= 11 is 0. The molecular weight excluding hydrogens is 233 g/mol. The van der Waals surface area contributed by atoms with Crippen LogP contribution in [0.3, 0.4) is 0 Å². The second-order valence-electron chi connectivity index (χ2n) is 3.94. The van der Waals surface area contributed by atoms with Crippen molar-refractivity contribution in [3.63, 3.8) is 0 Å². The van der Waals surface area contributed by atoms with Gasteiger partial charge in [0, 0.05) is 6.07 Å². The first-order chi connectivity index (χ1) is 8.65. The fourth-order valence-electron chi connectivity index (χ4n) is 1.79. The SMILES string of the molecule is Nc1cccc(-c2nc3cc(F)ccc3o2)c1N. The van der Waals surface area contributed by atoms with Gasteiger partial charge in [-0.3, -0.25) is 0 Å². The summed E-state index contributed by atoms with van der Waals surface area (Å²) in [5, 5.41) is 0. The number of hydrogen-bond donors (Lipinski definition) is 2. The van der Waals surface area contributed by atoms with Crippen LogP contribution < -0.4 is 11.5 Å². The Hall–Kier alpha value is -2.56. The van der Waals surface area contributed by atoms with Gasteiger partial charge in [0.25, 0.3) is 0 Å². The number of nitrogens with zero attached hydrogens (tertiary/aromatic N) is 1. The summed E-state index contributed by atoms with van der Waals surface area (Å²) in [6.45, 7) is 0. The molecule has 3 rings (SSSR count). The van der Waals surface area contributed by atoms with Crippen molar-refractivity contribution >= 4 is 22.5 Å². The Morgan fingerprint density at radius 1 is 1.11 bits per heavy atom. The topological polar surface area (TPSA) is 78.1 Å². The molecule has 2 aromatic carbocycles. The molecule has 4 nitrogen and oxygen atoms in total. The lowest BCUT2D eigenvalue weighted by Gasteiger charge is -2.03. The third-order valence-corrected chi connectivity index (χ3v) is 2.72. The van der Waals surface area contributed by atoms with Gasteiger partial charge in [-0.25, -0.2) is 9.37 Å². The molecule has 0 aliphatic rings. The van der Waals surface area contributed by atoms with Gasteiger partial charge in [-0.15, -0.1) is 0 Å². The lowest BCUT2D eigenvalue weighted by atomic mass is 10.1. The lowest BCUT2D eigenvalue weighted by molar-refractivity contribution is 0.614. The van der Waals surface area contributed by atoms with Gasteiger partial charge in [0.15, 0.2) is 5.58 Å². The monoisotopic (exact) mass is 243 g/mol. The number of anilines is 2. The number of oxazole rings is 1. The maximum Gasteiger partial charge on any atom is 0.229 e. The molecule has 0 aliphatic carbocycles. The number of hydrogen-bond acceptors (Lipinski definition) is 4. The van der Waals surface area contributed by atoms with E-state index in [0.29, 0.717) is 33.9 Å². The number of para-hydroxylation sites is 1. The Morgan fingerprint density at radius 2 is 1.94 bits per heavy atom. The Morgan fingerprint density at radius 3 is 2.78 bits per heavy atom. The third kappa shape index (κ3) is 1.57. The van der Waals surface area contributed by atoms with Gasteiger partial charge in [-0.2, -0.15) is 0 Å². The fraction of sp³-hybridized carbons (Fsp3) is 0. The van der Waals surface area contributed by atoms with Gasteiger partial charge < -0.3 is 15.9 Å². The van der Waals surface area contributed by atoms with Crippen LogP contribution in [0.4, 0.5) is 15.8 Å². The molecule has 0 bridgehead atoms. The highest BCUT2D eigenvalue weighted by molar-refractivity contribution is 5.84. The van der Waals surface area contributed by atoms with Crippen molar-refractivity contribution < 1.29 is 8.81 Å².